The van der Waals surface area contributed by atoms with Crippen LogP contribution in [-0.2, 0) is 22.7 Å². The number of allylic oxidation sites excluding steroid dienone is 1. The molecule has 26 heavy (non-hydrogen) atoms. The normalized spacial score (nSPS) is 22.2. The lowest BCUT2D eigenvalue weighted by molar-refractivity contribution is -0.128. The fourth-order valence-corrected chi connectivity index (χ4v) is 3.84. The standard InChI is InChI=1S/C19H24Cl2F2O3/c1-9-11(10(2)17(23)12(7-25-5)16(9)22)8-26-18(24)15-13(6-14(20)21)19(15,3)4/h6,13,15,18,24H,7-8H2,1-5H3/t13?,15-,18?/m0/s1. The van der Waals surface area contributed by atoms with E-state index in [9.17, 15) is 13.9 Å². The van der Waals surface area contributed by atoms with Crippen LogP contribution in [-0.4, -0.2) is 18.5 Å². The van der Waals surface area contributed by atoms with E-state index in [2.05, 4.69) is 0 Å². The highest BCUT2D eigenvalue weighted by atomic mass is 35.5. The first-order valence-electron chi connectivity index (χ1n) is 8.31. The number of hydrogen-bond donors (Lipinski definition) is 1. The molecule has 1 fully saturated rings. The van der Waals surface area contributed by atoms with E-state index in [0.717, 1.165) is 0 Å². The van der Waals surface area contributed by atoms with Gasteiger partial charge in [-0.25, -0.2) is 8.78 Å². The summed E-state index contributed by atoms with van der Waals surface area (Å²) in [5, 5.41) is 10.4. The Bertz CT molecular complexity index is 686. The minimum absolute atomic E-state index is 0.0257. The molecule has 1 aromatic rings. The number of methoxy groups -OCH3 is 1. The van der Waals surface area contributed by atoms with Crippen LogP contribution in [0.5, 0.6) is 0 Å². The summed E-state index contributed by atoms with van der Waals surface area (Å²) >= 11 is 11.4. The molecular weight excluding hydrogens is 385 g/mol. The van der Waals surface area contributed by atoms with Crippen LogP contribution in [0.25, 0.3) is 0 Å². The molecule has 7 heteroatoms. The molecule has 0 bridgehead atoms. The van der Waals surface area contributed by atoms with Gasteiger partial charge in [-0.1, -0.05) is 43.1 Å². The second kappa shape index (κ2) is 8.11. The minimum Gasteiger partial charge on any atom is -0.380 e. The maximum absolute atomic E-state index is 14.4. The molecular formula is C19H24Cl2F2O3. The van der Waals surface area contributed by atoms with E-state index in [-0.39, 0.29) is 40.5 Å². The van der Waals surface area contributed by atoms with Crippen LogP contribution in [0.2, 0.25) is 0 Å². The van der Waals surface area contributed by atoms with Gasteiger partial charge in [0.05, 0.1) is 13.2 Å². The zero-order valence-electron chi connectivity index (χ0n) is 15.5. The van der Waals surface area contributed by atoms with E-state index in [1.54, 1.807) is 19.9 Å². The van der Waals surface area contributed by atoms with Crippen LogP contribution in [0.15, 0.2) is 10.6 Å². The van der Waals surface area contributed by atoms with Crippen molar-refractivity contribution >= 4 is 23.2 Å². The van der Waals surface area contributed by atoms with Gasteiger partial charge in [0.2, 0.25) is 0 Å². The average molecular weight is 409 g/mol. The molecule has 1 N–H and O–H groups in total. The molecule has 1 aliphatic carbocycles. The van der Waals surface area contributed by atoms with Gasteiger partial charge in [0.25, 0.3) is 0 Å². The van der Waals surface area contributed by atoms with Crippen LogP contribution in [0.1, 0.15) is 36.1 Å². The molecule has 0 saturated heterocycles. The number of ether oxygens (including phenoxy) is 2. The van der Waals surface area contributed by atoms with E-state index in [4.69, 9.17) is 32.7 Å². The molecule has 2 unspecified atom stereocenters. The third-order valence-corrected chi connectivity index (χ3v) is 5.64. The Balaban J connectivity index is 2.17. The zero-order valence-corrected chi connectivity index (χ0v) is 17.0. The maximum Gasteiger partial charge on any atom is 0.158 e. The van der Waals surface area contributed by atoms with Gasteiger partial charge < -0.3 is 14.6 Å². The van der Waals surface area contributed by atoms with Gasteiger partial charge in [0.15, 0.2) is 6.29 Å². The Kier molecular flexibility index (Phi) is 6.73. The molecule has 0 aliphatic heterocycles. The van der Waals surface area contributed by atoms with Crippen molar-refractivity contribution < 1.29 is 23.4 Å². The lowest BCUT2D eigenvalue weighted by Gasteiger charge is -2.19. The molecule has 0 amide bonds. The van der Waals surface area contributed by atoms with Crippen LogP contribution in [0.4, 0.5) is 8.78 Å². The molecule has 1 aromatic carbocycles. The van der Waals surface area contributed by atoms with E-state index < -0.39 is 17.9 Å². The highest BCUT2D eigenvalue weighted by Crippen LogP contribution is 2.61. The quantitative estimate of drug-likeness (QED) is 0.633. The number of aliphatic hydroxyl groups is 1. The first-order chi connectivity index (χ1) is 12.0. The van der Waals surface area contributed by atoms with Crippen molar-refractivity contribution in [3.05, 3.63) is 44.5 Å². The molecule has 146 valence electrons. The van der Waals surface area contributed by atoms with E-state index in [0.29, 0.717) is 16.7 Å². The third kappa shape index (κ3) is 4.07. The van der Waals surface area contributed by atoms with Crippen molar-refractivity contribution in [2.75, 3.05) is 7.11 Å². The van der Waals surface area contributed by atoms with Crippen molar-refractivity contribution in [2.24, 2.45) is 17.3 Å². The number of aliphatic hydroxyl groups excluding tert-OH is 1. The van der Waals surface area contributed by atoms with Crippen LogP contribution >= 0.6 is 23.2 Å². The Hall–Kier alpha value is -0.720. The third-order valence-electron chi connectivity index (χ3n) is 5.39. The number of rotatable bonds is 7. The fraction of sp³-hybridized carbons (Fsp3) is 0.579. The molecule has 1 aliphatic rings. The summed E-state index contributed by atoms with van der Waals surface area (Å²) in [5.41, 5.74) is 0.644. The van der Waals surface area contributed by atoms with E-state index >= 15 is 0 Å². The monoisotopic (exact) mass is 408 g/mol. The zero-order chi connectivity index (χ0) is 19.8. The average Bonchev–Trinajstić information content (AvgIpc) is 3.09. The molecule has 3 atom stereocenters. The first kappa shape index (κ1) is 21.6. The first-order valence-corrected chi connectivity index (χ1v) is 9.06. The van der Waals surface area contributed by atoms with Gasteiger partial charge in [0, 0.05) is 18.6 Å². The lowest BCUT2D eigenvalue weighted by Crippen LogP contribution is -2.19. The Morgan fingerprint density at radius 1 is 1.15 bits per heavy atom. The number of benzene rings is 1. The largest absolute Gasteiger partial charge is 0.380 e. The summed E-state index contributed by atoms with van der Waals surface area (Å²) in [7, 11) is 1.38. The summed E-state index contributed by atoms with van der Waals surface area (Å²) in [6.07, 6.45) is 0.581. The number of halogens is 4. The second-order valence-electron chi connectivity index (χ2n) is 7.30. The highest BCUT2D eigenvalue weighted by molar-refractivity contribution is 6.55. The van der Waals surface area contributed by atoms with Crippen LogP contribution in [0, 0.1) is 42.7 Å². The van der Waals surface area contributed by atoms with Crippen LogP contribution in [0.3, 0.4) is 0 Å². The molecule has 2 rings (SSSR count). The molecule has 0 spiro atoms. The smallest absolute Gasteiger partial charge is 0.158 e. The van der Waals surface area contributed by atoms with Gasteiger partial charge in [-0.15, -0.1) is 0 Å². The highest BCUT2D eigenvalue weighted by Gasteiger charge is 2.60. The minimum atomic E-state index is -1.09. The second-order valence-corrected chi connectivity index (χ2v) is 8.31. The summed E-state index contributed by atoms with van der Waals surface area (Å²) < 4.78 is 39.4. The van der Waals surface area contributed by atoms with Crippen molar-refractivity contribution in [3.63, 3.8) is 0 Å². The van der Waals surface area contributed by atoms with Gasteiger partial charge >= 0.3 is 0 Å². The molecule has 3 nitrogen and oxygen atoms in total. The van der Waals surface area contributed by atoms with Crippen molar-refractivity contribution in [2.45, 2.75) is 47.2 Å². The Morgan fingerprint density at radius 2 is 1.69 bits per heavy atom. The predicted octanol–water partition coefficient (Wildman–Crippen LogP) is 5.15. The molecule has 0 aromatic heterocycles. The molecule has 0 radical (unpaired) electrons. The van der Waals surface area contributed by atoms with Gasteiger partial charge in [-0.05, 0) is 41.9 Å². The van der Waals surface area contributed by atoms with Gasteiger partial charge in [-0.3, -0.25) is 0 Å². The van der Waals surface area contributed by atoms with Crippen molar-refractivity contribution in [1.29, 1.82) is 0 Å². The van der Waals surface area contributed by atoms with Crippen molar-refractivity contribution in [1.82, 2.24) is 0 Å². The number of hydrogen-bond acceptors (Lipinski definition) is 3. The SMILES string of the molecule is COCc1c(F)c(C)c(COC(O)[C@@H]2C(C=C(Cl)Cl)C2(C)C)c(C)c1F. The topological polar surface area (TPSA) is 38.7 Å². The van der Waals surface area contributed by atoms with Gasteiger partial charge in [-0.2, -0.15) is 0 Å². The summed E-state index contributed by atoms with van der Waals surface area (Å²) in [6, 6.07) is 0. The fourth-order valence-electron chi connectivity index (χ4n) is 3.57. The lowest BCUT2D eigenvalue weighted by atomic mass is 9.98. The molecule has 0 heterocycles. The summed E-state index contributed by atoms with van der Waals surface area (Å²) in [6.45, 7) is 6.82. The summed E-state index contributed by atoms with van der Waals surface area (Å²) in [5.74, 6) is -1.52. The van der Waals surface area contributed by atoms with Crippen LogP contribution < -0.4 is 0 Å². The summed E-state index contributed by atoms with van der Waals surface area (Å²) in [4.78, 5) is 0. The van der Waals surface area contributed by atoms with E-state index in [1.807, 2.05) is 13.8 Å². The van der Waals surface area contributed by atoms with Crippen molar-refractivity contribution in [3.8, 4) is 0 Å². The molecule has 1 saturated carbocycles. The Morgan fingerprint density at radius 3 is 2.15 bits per heavy atom. The van der Waals surface area contributed by atoms with E-state index in [1.165, 1.54) is 7.11 Å². The Labute approximate surface area is 162 Å². The predicted molar refractivity (Wildman–Crippen MR) is 97.9 cm³/mol. The van der Waals surface area contributed by atoms with Gasteiger partial charge in [0.1, 0.15) is 16.1 Å². The maximum atomic E-state index is 14.4.